The van der Waals surface area contributed by atoms with Crippen LogP contribution in [0.5, 0.6) is 0 Å². The first kappa shape index (κ1) is 17.6. The molecule has 1 aliphatic heterocycles. The van der Waals surface area contributed by atoms with E-state index in [2.05, 4.69) is 26.5 Å². The van der Waals surface area contributed by atoms with Gasteiger partial charge in [-0.3, -0.25) is 14.4 Å². The Bertz CT molecular complexity index is 715. The number of aryl methyl sites for hydroxylation is 1. The van der Waals surface area contributed by atoms with Crippen LogP contribution in [0.25, 0.3) is 0 Å². The summed E-state index contributed by atoms with van der Waals surface area (Å²) in [6, 6.07) is 5.60. The van der Waals surface area contributed by atoms with Gasteiger partial charge in [0, 0.05) is 57.1 Å². The van der Waals surface area contributed by atoms with Gasteiger partial charge in [-0.25, -0.2) is 4.98 Å². The second kappa shape index (κ2) is 8.22. The highest BCUT2D eigenvalue weighted by Crippen LogP contribution is 2.15. The third-order valence-electron chi connectivity index (χ3n) is 4.35. The second-order valence-corrected chi connectivity index (χ2v) is 6.50. The van der Waals surface area contributed by atoms with Crippen LogP contribution < -0.4 is 5.32 Å². The summed E-state index contributed by atoms with van der Waals surface area (Å²) in [5, 5.41) is 6.85. The molecule has 1 amide bonds. The average molecular weight is 343 g/mol. The normalized spacial score (nSPS) is 18.7. The molecule has 0 aliphatic carbocycles. The van der Waals surface area contributed by atoms with Gasteiger partial charge in [0.05, 0.1) is 19.4 Å². The smallest absolute Gasteiger partial charge is 0.269 e. The Morgan fingerprint density at radius 3 is 3.08 bits per heavy atom. The van der Waals surface area contributed by atoms with Gasteiger partial charge in [0.15, 0.2) is 0 Å². The highest BCUT2D eigenvalue weighted by Gasteiger charge is 2.20. The van der Waals surface area contributed by atoms with E-state index in [9.17, 15) is 4.79 Å². The van der Waals surface area contributed by atoms with Crippen LogP contribution in [0.15, 0.2) is 30.6 Å². The van der Waals surface area contributed by atoms with Crippen molar-refractivity contribution in [2.75, 3.05) is 33.4 Å². The lowest BCUT2D eigenvalue weighted by atomic mass is 10.0. The largest absolute Gasteiger partial charge is 0.380 e. The first-order valence-electron chi connectivity index (χ1n) is 8.59. The molecule has 1 saturated heterocycles. The molecule has 0 spiro atoms. The molecule has 1 N–H and O–H groups in total. The quantitative estimate of drug-likeness (QED) is 0.872. The van der Waals surface area contributed by atoms with Crippen molar-refractivity contribution in [3.8, 4) is 0 Å². The number of amides is 1. The van der Waals surface area contributed by atoms with Crippen molar-refractivity contribution in [1.82, 2.24) is 25.0 Å². The van der Waals surface area contributed by atoms with Gasteiger partial charge in [0.2, 0.25) is 0 Å². The van der Waals surface area contributed by atoms with Crippen LogP contribution in [0.1, 0.15) is 21.7 Å². The zero-order valence-corrected chi connectivity index (χ0v) is 14.8. The van der Waals surface area contributed by atoms with Crippen LogP contribution in [0.4, 0.5) is 0 Å². The third-order valence-corrected chi connectivity index (χ3v) is 4.35. The average Bonchev–Trinajstić information content (AvgIpc) is 2.89. The van der Waals surface area contributed by atoms with E-state index in [0.717, 1.165) is 45.0 Å². The Balaban J connectivity index is 1.64. The van der Waals surface area contributed by atoms with Gasteiger partial charge in [-0.2, -0.15) is 5.10 Å². The van der Waals surface area contributed by atoms with E-state index in [0.29, 0.717) is 11.6 Å². The lowest BCUT2D eigenvalue weighted by molar-refractivity contribution is 0.0957. The number of rotatable bonds is 5. The minimum absolute atomic E-state index is 0.155. The molecule has 2 aromatic heterocycles. The summed E-state index contributed by atoms with van der Waals surface area (Å²) in [6.45, 7) is 4.19. The number of carbonyl (C=O) groups is 1. The van der Waals surface area contributed by atoms with Crippen molar-refractivity contribution in [1.29, 1.82) is 0 Å². The molecule has 7 heteroatoms. The SMILES string of the molecule is CNC(=O)c1cccc(C[C@H]2COCCN(Cc3cnn(C)c3)C2)n1. The molecular formula is C18H25N5O2. The molecule has 0 unspecified atom stereocenters. The maximum absolute atomic E-state index is 11.8. The van der Waals surface area contributed by atoms with Crippen molar-refractivity contribution >= 4 is 5.91 Å². The van der Waals surface area contributed by atoms with Crippen molar-refractivity contribution in [2.45, 2.75) is 13.0 Å². The topological polar surface area (TPSA) is 72.3 Å². The van der Waals surface area contributed by atoms with Crippen LogP contribution in [0.3, 0.4) is 0 Å². The predicted molar refractivity (Wildman–Crippen MR) is 94.1 cm³/mol. The van der Waals surface area contributed by atoms with Gasteiger partial charge in [-0.05, 0) is 18.6 Å². The van der Waals surface area contributed by atoms with E-state index in [-0.39, 0.29) is 5.91 Å². The molecule has 134 valence electrons. The van der Waals surface area contributed by atoms with Crippen molar-refractivity contribution in [2.24, 2.45) is 13.0 Å². The number of hydrogen-bond acceptors (Lipinski definition) is 5. The Morgan fingerprint density at radius 1 is 1.44 bits per heavy atom. The van der Waals surface area contributed by atoms with Crippen LogP contribution in [0, 0.1) is 5.92 Å². The number of nitrogens with one attached hydrogen (secondary N) is 1. The first-order valence-corrected chi connectivity index (χ1v) is 8.59. The fraction of sp³-hybridized carbons (Fsp3) is 0.500. The molecule has 0 bridgehead atoms. The monoisotopic (exact) mass is 343 g/mol. The summed E-state index contributed by atoms with van der Waals surface area (Å²) < 4.78 is 7.61. The number of pyridine rings is 1. The Kier molecular flexibility index (Phi) is 5.78. The molecule has 0 saturated carbocycles. The van der Waals surface area contributed by atoms with Crippen LogP contribution in [-0.2, 0) is 24.8 Å². The molecule has 0 radical (unpaired) electrons. The van der Waals surface area contributed by atoms with E-state index in [1.807, 2.05) is 30.1 Å². The van der Waals surface area contributed by atoms with Crippen LogP contribution in [0.2, 0.25) is 0 Å². The molecule has 0 aromatic carbocycles. The summed E-state index contributed by atoms with van der Waals surface area (Å²) in [5.74, 6) is 0.198. The van der Waals surface area contributed by atoms with Crippen LogP contribution >= 0.6 is 0 Å². The van der Waals surface area contributed by atoms with Gasteiger partial charge >= 0.3 is 0 Å². The van der Waals surface area contributed by atoms with Gasteiger partial charge in [-0.1, -0.05) is 6.07 Å². The predicted octanol–water partition coefficient (Wildman–Crippen LogP) is 0.866. The number of aromatic nitrogens is 3. The molecule has 2 aromatic rings. The molecular weight excluding hydrogens is 318 g/mol. The third kappa shape index (κ3) is 4.87. The second-order valence-electron chi connectivity index (χ2n) is 6.50. The lowest BCUT2D eigenvalue weighted by Gasteiger charge is -2.22. The van der Waals surface area contributed by atoms with Gasteiger partial charge in [0.1, 0.15) is 5.69 Å². The zero-order valence-electron chi connectivity index (χ0n) is 14.8. The fourth-order valence-electron chi connectivity index (χ4n) is 3.18. The Hall–Kier alpha value is -2.25. The summed E-state index contributed by atoms with van der Waals surface area (Å²) in [5.41, 5.74) is 2.60. The van der Waals surface area contributed by atoms with E-state index >= 15 is 0 Å². The lowest BCUT2D eigenvalue weighted by Crippen LogP contribution is -2.30. The highest BCUT2D eigenvalue weighted by atomic mass is 16.5. The van der Waals surface area contributed by atoms with Crippen LogP contribution in [-0.4, -0.2) is 58.9 Å². The number of hydrogen-bond donors (Lipinski definition) is 1. The summed E-state index contributed by atoms with van der Waals surface area (Å²) >= 11 is 0. The van der Waals surface area contributed by atoms with E-state index in [4.69, 9.17) is 4.74 Å². The minimum atomic E-state index is -0.155. The number of carbonyl (C=O) groups excluding carboxylic acids is 1. The molecule has 1 fully saturated rings. The molecule has 3 heterocycles. The highest BCUT2D eigenvalue weighted by molar-refractivity contribution is 5.91. The molecule has 25 heavy (non-hydrogen) atoms. The van der Waals surface area contributed by atoms with E-state index in [1.165, 1.54) is 5.56 Å². The minimum Gasteiger partial charge on any atom is -0.380 e. The molecule has 1 atom stereocenters. The van der Waals surface area contributed by atoms with Gasteiger partial charge < -0.3 is 10.1 Å². The summed E-state index contributed by atoms with van der Waals surface area (Å²) in [4.78, 5) is 18.6. The first-order chi connectivity index (χ1) is 12.1. The standard InChI is InChI=1S/C18H25N5O2/c1-19-18(24)17-5-3-4-16(21-17)8-14-11-23(6-7-25-13-14)12-15-9-20-22(2)10-15/h3-5,9-10,14H,6-8,11-13H2,1-2H3,(H,19,24)/t14-/m1/s1. The van der Waals surface area contributed by atoms with Gasteiger partial charge in [0.25, 0.3) is 5.91 Å². The van der Waals surface area contributed by atoms with Crippen molar-refractivity contribution in [3.63, 3.8) is 0 Å². The number of ether oxygens (including phenoxy) is 1. The summed E-state index contributed by atoms with van der Waals surface area (Å²) in [6.07, 6.45) is 4.76. The van der Waals surface area contributed by atoms with E-state index in [1.54, 1.807) is 13.1 Å². The maximum atomic E-state index is 11.8. The fourth-order valence-corrected chi connectivity index (χ4v) is 3.18. The van der Waals surface area contributed by atoms with E-state index < -0.39 is 0 Å². The molecule has 1 aliphatic rings. The van der Waals surface area contributed by atoms with Crippen molar-refractivity contribution in [3.05, 3.63) is 47.5 Å². The van der Waals surface area contributed by atoms with Crippen molar-refractivity contribution < 1.29 is 9.53 Å². The van der Waals surface area contributed by atoms with Gasteiger partial charge in [-0.15, -0.1) is 0 Å². The summed E-state index contributed by atoms with van der Waals surface area (Å²) in [7, 11) is 3.55. The molecule has 7 nitrogen and oxygen atoms in total. The Morgan fingerprint density at radius 2 is 2.32 bits per heavy atom. The maximum Gasteiger partial charge on any atom is 0.269 e. The Labute approximate surface area is 148 Å². The zero-order chi connectivity index (χ0) is 17.6. The molecule has 3 rings (SSSR count). The number of nitrogens with zero attached hydrogens (tertiary/aromatic N) is 4.